The third-order valence-corrected chi connectivity index (χ3v) is 6.40. The first-order chi connectivity index (χ1) is 14.0. The van der Waals surface area contributed by atoms with E-state index in [1.165, 1.54) is 5.56 Å². The topological polar surface area (TPSA) is 50.6 Å². The van der Waals surface area contributed by atoms with Crippen LogP contribution in [0.5, 0.6) is 0 Å². The first kappa shape index (κ1) is 20.1. The van der Waals surface area contributed by atoms with Crippen molar-refractivity contribution in [3.05, 3.63) is 53.9 Å². The standard InChI is InChI=1S/C23H32N4O2/c1-17-11-24-27(12-17)21-9-19-14-26(13-18-7-5-4-6-8-18)15-20(19)10-22(21)29-16-23(28)25(2)3/h4-8,11-12,19-22H,9-10,13-16H2,1-3H3/t19-,20+,21-,22-/m0/s1. The first-order valence-electron chi connectivity index (χ1n) is 10.6. The van der Waals surface area contributed by atoms with Gasteiger partial charge >= 0.3 is 0 Å². The molecule has 0 radical (unpaired) electrons. The van der Waals surface area contributed by atoms with Crippen LogP contribution < -0.4 is 0 Å². The number of ether oxygens (including phenoxy) is 1. The van der Waals surface area contributed by atoms with Gasteiger partial charge in [0.2, 0.25) is 5.91 Å². The number of aromatic nitrogens is 2. The van der Waals surface area contributed by atoms with Gasteiger partial charge in [0, 0.05) is 39.9 Å². The lowest BCUT2D eigenvalue weighted by atomic mass is 9.77. The molecule has 0 N–H and O–H groups in total. The Labute approximate surface area is 173 Å². The SMILES string of the molecule is Cc1cnn([C@H]2C[C@H]3CN(Cc4ccccc4)C[C@H]3C[C@@H]2OCC(=O)N(C)C)c1. The first-order valence-corrected chi connectivity index (χ1v) is 10.6. The van der Waals surface area contributed by atoms with Crippen LogP contribution >= 0.6 is 0 Å². The normalized spacial score (nSPS) is 27.0. The molecule has 29 heavy (non-hydrogen) atoms. The van der Waals surface area contributed by atoms with Crippen LogP contribution in [0.4, 0.5) is 0 Å². The highest BCUT2D eigenvalue weighted by Gasteiger charge is 2.43. The van der Waals surface area contributed by atoms with Crippen molar-refractivity contribution in [1.82, 2.24) is 19.6 Å². The van der Waals surface area contributed by atoms with Gasteiger partial charge in [-0.2, -0.15) is 5.10 Å². The van der Waals surface area contributed by atoms with Gasteiger partial charge in [-0.05, 0) is 42.7 Å². The zero-order valence-electron chi connectivity index (χ0n) is 17.7. The van der Waals surface area contributed by atoms with Crippen LogP contribution in [0.15, 0.2) is 42.7 Å². The van der Waals surface area contributed by atoms with E-state index in [-0.39, 0.29) is 24.7 Å². The summed E-state index contributed by atoms with van der Waals surface area (Å²) in [5.74, 6) is 1.28. The minimum Gasteiger partial charge on any atom is -0.366 e. The quantitative estimate of drug-likeness (QED) is 0.753. The Balaban J connectivity index is 1.45. The number of likely N-dealkylation sites (N-methyl/N-ethyl adjacent to an activating group) is 1. The number of hydrogen-bond donors (Lipinski definition) is 0. The number of likely N-dealkylation sites (tertiary alicyclic amines) is 1. The smallest absolute Gasteiger partial charge is 0.248 e. The van der Waals surface area contributed by atoms with Gasteiger partial charge in [0.1, 0.15) is 6.61 Å². The van der Waals surface area contributed by atoms with Gasteiger partial charge in [0.15, 0.2) is 0 Å². The van der Waals surface area contributed by atoms with Crippen LogP contribution in [0.25, 0.3) is 0 Å². The van der Waals surface area contributed by atoms with E-state index in [4.69, 9.17) is 4.74 Å². The van der Waals surface area contributed by atoms with E-state index in [0.29, 0.717) is 11.8 Å². The van der Waals surface area contributed by atoms with E-state index < -0.39 is 0 Å². The van der Waals surface area contributed by atoms with E-state index in [1.54, 1.807) is 19.0 Å². The Kier molecular flexibility index (Phi) is 6.01. The summed E-state index contributed by atoms with van der Waals surface area (Å²) in [5, 5.41) is 4.58. The minimum atomic E-state index is 0.0136. The highest BCUT2D eigenvalue weighted by Crippen LogP contribution is 2.42. The summed E-state index contributed by atoms with van der Waals surface area (Å²) in [6.07, 6.45) is 6.07. The van der Waals surface area contributed by atoms with Crippen molar-refractivity contribution in [2.45, 2.75) is 38.5 Å². The fraction of sp³-hybridized carbons (Fsp3) is 0.565. The minimum absolute atomic E-state index is 0.0136. The lowest BCUT2D eigenvalue weighted by Gasteiger charge is -2.38. The molecule has 1 aromatic heterocycles. The third-order valence-electron chi connectivity index (χ3n) is 6.40. The summed E-state index contributed by atoms with van der Waals surface area (Å²) >= 11 is 0. The molecule has 1 aliphatic carbocycles. The number of amides is 1. The molecule has 1 saturated heterocycles. The van der Waals surface area contributed by atoms with Crippen LogP contribution in [0.2, 0.25) is 0 Å². The fourth-order valence-electron chi connectivity index (χ4n) is 4.84. The van der Waals surface area contributed by atoms with Crippen LogP contribution in [-0.2, 0) is 16.1 Å². The maximum Gasteiger partial charge on any atom is 0.248 e. The van der Waals surface area contributed by atoms with Crippen molar-refractivity contribution < 1.29 is 9.53 Å². The molecule has 4 atom stereocenters. The maximum absolute atomic E-state index is 12.1. The molecule has 2 heterocycles. The molecule has 1 saturated carbocycles. The van der Waals surface area contributed by atoms with Gasteiger partial charge in [0.25, 0.3) is 0 Å². The van der Waals surface area contributed by atoms with Crippen LogP contribution in [-0.4, -0.2) is 65.4 Å². The number of carbonyl (C=O) groups is 1. The van der Waals surface area contributed by atoms with Crippen molar-refractivity contribution in [2.75, 3.05) is 33.8 Å². The van der Waals surface area contributed by atoms with E-state index in [1.807, 2.05) is 6.20 Å². The summed E-state index contributed by atoms with van der Waals surface area (Å²) in [6.45, 7) is 5.44. The summed E-state index contributed by atoms with van der Waals surface area (Å²) in [4.78, 5) is 16.3. The predicted octanol–water partition coefficient (Wildman–Crippen LogP) is 2.75. The average molecular weight is 397 g/mol. The molecule has 2 aliphatic rings. The predicted molar refractivity (Wildman–Crippen MR) is 112 cm³/mol. The second-order valence-corrected chi connectivity index (χ2v) is 8.87. The molecule has 4 rings (SSSR count). The van der Waals surface area contributed by atoms with Gasteiger partial charge in [-0.1, -0.05) is 30.3 Å². The molecular formula is C23H32N4O2. The molecule has 0 unspecified atom stereocenters. The summed E-state index contributed by atoms with van der Waals surface area (Å²) < 4.78 is 8.24. The highest BCUT2D eigenvalue weighted by atomic mass is 16.5. The summed E-state index contributed by atoms with van der Waals surface area (Å²) in [7, 11) is 3.55. The average Bonchev–Trinajstić information content (AvgIpc) is 3.31. The zero-order valence-corrected chi connectivity index (χ0v) is 17.7. The Morgan fingerprint density at radius 1 is 1.17 bits per heavy atom. The highest BCUT2D eigenvalue weighted by molar-refractivity contribution is 5.76. The number of aryl methyl sites for hydroxylation is 1. The van der Waals surface area contributed by atoms with Crippen molar-refractivity contribution in [3.63, 3.8) is 0 Å². The molecule has 2 fully saturated rings. The number of nitrogens with zero attached hydrogens (tertiary/aromatic N) is 4. The van der Waals surface area contributed by atoms with Crippen molar-refractivity contribution in [2.24, 2.45) is 11.8 Å². The van der Waals surface area contributed by atoms with E-state index in [0.717, 1.165) is 38.0 Å². The van der Waals surface area contributed by atoms with Gasteiger partial charge < -0.3 is 9.64 Å². The van der Waals surface area contributed by atoms with Crippen LogP contribution in [0.1, 0.15) is 30.0 Å². The lowest BCUT2D eigenvalue weighted by Crippen LogP contribution is -2.40. The molecule has 2 aromatic rings. The third kappa shape index (κ3) is 4.70. The molecule has 0 bridgehead atoms. The Morgan fingerprint density at radius 2 is 1.90 bits per heavy atom. The van der Waals surface area contributed by atoms with Crippen molar-refractivity contribution in [1.29, 1.82) is 0 Å². The zero-order chi connectivity index (χ0) is 20.4. The van der Waals surface area contributed by atoms with Crippen LogP contribution in [0, 0.1) is 18.8 Å². The van der Waals surface area contributed by atoms with E-state index >= 15 is 0 Å². The second-order valence-electron chi connectivity index (χ2n) is 8.87. The van der Waals surface area contributed by atoms with Gasteiger partial charge in [-0.3, -0.25) is 14.4 Å². The molecule has 1 aromatic carbocycles. The Bertz CT molecular complexity index is 819. The van der Waals surface area contributed by atoms with Gasteiger partial charge in [-0.25, -0.2) is 0 Å². The fourth-order valence-corrected chi connectivity index (χ4v) is 4.84. The number of benzene rings is 1. The largest absolute Gasteiger partial charge is 0.366 e. The molecular weight excluding hydrogens is 364 g/mol. The number of hydrogen-bond acceptors (Lipinski definition) is 4. The Hall–Kier alpha value is -2.18. The summed E-state index contributed by atoms with van der Waals surface area (Å²) in [6, 6.07) is 10.9. The van der Waals surface area contributed by atoms with E-state index in [2.05, 4.69) is 58.1 Å². The maximum atomic E-state index is 12.1. The molecule has 0 spiro atoms. The summed E-state index contributed by atoms with van der Waals surface area (Å²) in [5.41, 5.74) is 2.53. The second kappa shape index (κ2) is 8.67. The van der Waals surface area contributed by atoms with E-state index in [9.17, 15) is 4.79 Å². The molecule has 1 amide bonds. The van der Waals surface area contributed by atoms with Crippen molar-refractivity contribution >= 4 is 5.91 Å². The number of carbonyl (C=O) groups excluding carboxylic acids is 1. The van der Waals surface area contributed by atoms with Gasteiger partial charge in [-0.15, -0.1) is 0 Å². The monoisotopic (exact) mass is 396 g/mol. The molecule has 156 valence electrons. The molecule has 1 aliphatic heterocycles. The van der Waals surface area contributed by atoms with Crippen molar-refractivity contribution in [3.8, 4) is 0 Å². The molecule has 6 nitrogen and oxygen atoms in total. The van der Waals surface area contributed by atoms with Gasteiger partial charge in [0.05, 0.1) is 18.3 Å². The number of rotatable bonds is 6. The number of fused-ring (bicyclic) bond motifs is 1. The lowest BCUT2D eigenvalue weighted by molar-refractivity contribution is -0.138. The Morgan fingerprint density at radius 3 is 2.55 bits per heavy atom. The molecule has 6 heteroatoms. The van der Waals surface area contributed by atoms with Crippen LogP contribution in [0.3, 0.4) is 0 Å².